The molecule has 0 amide bonds. The minimum Gasteiger partial charge on any atom is -0.598 e. The Labute approximate surface area is 191 Å². The number of nitrogens with one attached hydrogen (secondary N) is 1. The van der Waals surface area contributed by atoms with Crippen LogP contribution in [0.25, 0.3) is 22.2 Å². The molecule has 2 atom stereocenters. The fourth-order valence-corrected chi connectivity index (χ4v) is 4.32. The molecule has 4 aromatic rings. The van der Waals surface area contributed by atoms with Gasteiger partial charge in [-0.3, -0.25) is 4.98 Å². The molecular formula is C25H27N3O3S. The maximum absolute atomic E-state index is 13.1. The van der Waals surface area contributed by atoms with E-state index in [1.54, 1.807) is 13.3 Å². The van der Waals surface area contributed by atoms with Crippen LogP contribution >= 0.6 is 0 Å². The Balaban J connectivity index is 1.85. The number of ether oxygens (including phenoxy) is 1. The molecule has 0 saturated heterocycles. The van der Waals surface area contributed by atoms with Gasteiger partial charge in [0, 0.05) is 40.6 Å². The number of methoxy groups -OCH3 is 1. The Morgan fingerprint density at radius 2 is 1.88 bits per heavy atom. The van der Waals surface area contributed by atoms with Crippen molar-refractivity contribution >= 4 is 22.3 Å². The zero-order valence-corrected chi connectivity index (χ0v) is 19.5. The van der Waals surface area contributed by atoms with Gasteiger partial charge in [0.15, 0.2) is 5.58 Å². The van der Waals surface area contributed by atoms with E-state index in [0.717, 1.165) is 33.5 Å². The van der Waals surface area contributed by atoms with Crippen LogP contribution in [0.3, 0.4) is 0 Å². The molecule has 166 valence electrons. The molecule has 2 aromatic carbocycles. The number of fused-ring (bicyclic) bond motifs is 1. The van der Waals surface area contributed by atoms with Crippen molar-refractivity contribution < 1.29 is 13.8 Å². The van der Waals surface area contributed by atoms with E-state index in [4.69, 9.17) is 9.26 Å². The second-order valence-electron chi connectivity index (χ2n) is 8.56. The number of pyridine rings is 1. The fourth-order valence-electron chi connectivity index (χ4n) is 3.50. The number of hydrogen-bond acceptors (Lipinski definition) is 6. The maximum atomic E-state index is 13.1. The Kier molecular flexibility index (Phi) is 6.50. The minimum absolute atomic E-state index is 0.287. The Morgan fingerprint density at radius 3 is 2.59 bits per heavy atom. The fraction of sp³-hybridized carbons (Fsp3) is 0.280. The minimum atomic E-state index is -1.29. The highest BCUT2D eigenvalue weighted by atomic mass is 32.2. The summed E-state index contributed by atoms with van der Waals surface area (Å²) in [7, 11) is 1.64. The van der Waals surface area contributed by atoms with Crippen LogP contribution in [0.1, 0.15) is 38.1 Å². The SMILES string of the molecule is COc1ccc(-c2noc3ccccc23)c([C@H](Cc2ccccn2)N[S@@+]([O-])C(C)(C)C)c1. The summed E-state index contributed by atoms with van der Waals surface area (Å²) in [5, 5.41) is 5.29. The quantitative estimate of drug-likeness (QED) is 0.389. The van der Waals surface area contributed by atoms with Gasteiger partial charge in [0.2, 0.25) is 0 Å². The average molecular weight is 450 g/mol. The van der Waals surface area contributed by atoms with Crippen LogP contribution in [0.15, 0.2) is 71.4 Å². The third-order valence-electron chi connectivity index (χ3n) is 5.21. The van der Waals surface area contributed by atoms with Gasteiger partial charge >= 0.3 is 0 Å². The first-order valence-corrected chi connectivity index (χ1v) is 11.6. The predicted molar refractivity (Wildman–Crippen MR) is 128 cm³/mol. The van der Waals surface area contributed by atoms with Gasteiger partial charge < -0.3 is 13.8 Å². The summed E-state index contributed by atoms with van der Waals surface area (Å²) in [4.78, 5) is 4.49. The van der Waals surface area contributed by atoms with Crippen molar-refractivity contribution in [3.05, 3.63) is 78.1 Å². The summed E-state index contributed by atoms with van der Waals surface area (Å²) in [6.45, 7) is 5.85. The molecule has 0 bridgehead atoms. The van der Waals surface area contributed by atoms with E-state index in [0.29, 0.717) is 12.2 Å². The highest BCUT2D eigenvalue weighted by Crippen LogP contribution is 2.37. The zero-order valence-electron chi connectivity index (χ0n) is 18.7. The van der Waals surface area contributed by atoms with Gasteiger partial charge in [0.25, 0.3) is 0 Å². The maximum Gasteiger partial charge on any atom is 0.167 e. The zero-order chi connectivity index (χ0) is 22.7. The van der Waals surface area contributed by atoms with Crippen molar-refractivity contribution in [2.24, 2.45) is 0 Å². The smallest absolute Gasteiger partial charge is 0.167 e. The molecule has 0 fully saturated rings. The second-order valence-corrected chi connectivity index (χ2v) is 10.6. The summed E-state index contributed by atoms with van der Waals surface area (Å²) in [5.41, 5.74) is 4.18. The van der Waals surface area contributed by atoms with Gasteiger partial charge in [-0.1, -0.05) is 23.4 Å². The molecule has 0 aliphatic rings. The van der Waals surface area contributed by atoms with E-state index >= 15 is 0 Å². The van der Waals surface area contributed by atoms with E-state index in [2.05, 4.69) is 14.9 Å². The van der Waals surface area contributed by atoms with Gasteiger partial charge in [-0.25, -0.2) is 0 Å². The van der Waals surface area contributed by atoms with Crippen LogP contribution in [0.2, 0.25) is 0 Å². The van der Waals surface area contributed by atoms with E-state index in [-0.39, 0.29) is 6.04 Å². The predicted octanol–water partition coefficient (Wildman–Crippen LogP) is 5.23. The monoisotopic (exact) mass is 449 g/mol. The van der Waals surface area contributed by atoms with Crippen LogP contribution in [0.5, 0.6) is 5.75 Å². The third-order valence-corrected chi connectivity index (χ3v) is 6.82. The molecule has 0 radical (unpaired) electrons. The van der Waals surface area contributed by atoms with Crippen LogP contribution in [0.4, 0.5) is 0 Å². The van der Waals surface area contributed by atoms with E-state index in [1.165, 1.54) is 0 Å². The molecule has 0 spiro atoms. The Hall–Kier alpha value is -2.87. The largest absolute Gasteiger partial charge is 0.598 e. The van der Waals surface area contributed by atoms with Crippen molar-refractivity contribution in [1.29, 1.82) is 0 Å². The van der Waals surface area contributed by atoms with Gasteiger partial charge in [-0.15, -0.1) is 4.72 Å². The lowest BCUT2D eigenvalue weighted by Gasteiger charge is -2.29. The van der Waals surface area contributed by atoms with Crippen molar-refractivity contribution in [3.8, 4) is 17.0 Å². The lowest BCUT2D eigenvalue weighted by Crippen LogP contribution is -2.42. The molecule has 0 saturated carbocycles. The number of aromatic nitrogens is 2. The molecular weight excluding hydrogens is 422 g/mol. The molecule has 32 heavy (non-hydrogen) atoms. The molecule has 4 rings (SSSR count). The molecule has 0 unspecified atom stereocenters. The van der Waals surface area contributed by atoms with E-state index in [9.17, 15) is 4.55 Å². The number of nitrogens with zero attached hydrogens (tertiary/aromatic N) is 2. The third kappa shape index (κ3) is 4.80. The Bertz CT molecular complexity index is 1190. The normalized spacial score (nSPS) is 13.8. The highest BCUT2D eigenvalue weighted by molar-refractivity contribution is 7.90. The summed E-state index contributed by atoms with van der Waals surface area (Å²) in [5.74, 6) is 0.714. The first kappa shape index (κ1) is 22.3. The van der Waals surface area contributed by atoms with Gasteiger partial charge in [0.05, 0.1) is 13.2 Å². The highest BCUT2D eigenvalue weighted by Gasteiger charge is 2.32. The van der Waals surface area contributed by atoms with Crippen molar-refractivity contribution in [1.82, 2.24) is 14.9 Å². The Morgan fingerprint density at radius 1 is 1.09 bits per heavy atom. The molecule has 0 aliphatic heterocycles. The van der Waals surface area contributed by atoms with Crippen LogP contribution in [0, 0.1) is 0 Å². The van der Waals surface area contributed by atoms with Gasteiger partial charge in [-0.2, -0.15) is 0 Å². The summed E-state index contributed by atoms with van der Waals surface area (Å²) in [6.07, 6.45) is 2.32. The van der Waals surface area contributed by atoms with Crippen LogP contribution in [-0.4, -0.2) is 26.6 Å². The first-order chi connectivity index (χ1) is 15.4. The number of benzene rings is 2. The van der Waals surface area contributed by atoms with Gasteiger partial charge in [-0.05, 0) is 68.8 Å². The van der Waals surface area contributed by atoms with E-state index in [1.807, 2.05) is 81.4 Å². The molecule has 1 N–H and O–H groups in total. The number of rotatable bonds is 7. The summed E-state index contributed by atoms with van der Waals surface area (Å²) < 4.78 is 27.1. The van der Waals surface area contributed by atoms with E-state index < -0.39 is 16.1 Å². The topological polar surface area (TPSA) is 83.2 Å². The molecule has 6 nitrogen and oxygen atoms in total. The first-order valence-electron chi connectivity index (χ1n) is 10.5. The molecule has 2 aromatic heterocycles. The van der Waals surface area contributed by atoms with Crippen molar-refractivity contribution in [3.63, 3.8) is 0 Å². The molecule has 7 heteroatoms. The lowest BCUT2D eigenvalue weighted by atomic mass is 9.94. The lowest BCUT2D eigenvalue weighted by molar-refractivity contribution is 0.413. The van der Waals surface area contributed by atoms with Crippen molar-refractivity contribution in [2.45, 2.75) is 38.0 Å². The van der Waals surface area contributed by atoms with Gasteiger partial charge in [0.1, 0.15) is 16.2 Å². The summed E-state index contributed by atoms with van der Waals surface area (Å²) >= 11 is -1.29. The average Bonchev–Trinajstić information content (AvgIpc) is 3.22. The number of hydrogen-bond donors (Lipinski definition) is 1. The molecule has 0 aliphatic carbocycles. The molecule has 2 heterocycles. The number of para-hydroxylation sites is 1. The van der Waals surface area contributed by atoms with Crippen LogP contribution in [-0.2, 0) is 17.8 Å². The van der Waals surface area contributed by atoms with Crippen molar-refractivity contribution in [2.75, 3.05) is 7.11 Å². The standard InChI is InChI=1S/C25H27N3O3S/c1-25(2,3)32(29)28-22(15-17-9-7-8-14-26-17)21-16-18(30-4)12-13-19(21)24-20-10-5-6-11-23(20)31-27-24/h5-14,16,22,28H,15H2,1-4H3/t22-,32-/m0/s1. The van der Waals surface area contributed by atoms with Crippen LogP contribution < -0.4 is 9.46 Å². The second kappa shape index (κ2) is 9.32. The summed E-state index contributed by atoms with van der Waals surface area (Å²) in [6, 6.07) is 19.2.